The molecule has 6 nitrogen and oxygen atoms in total. The Hall–Kier alpha value is -1.63. The average Bonchev–Trinajstić information content (AvgIpc) is 2.86. The summed E-state index contributed by atoms with van der Waals surface area (Å²) in [6, 6.07) is 2.99. The molecule has 1 aliphatic heterocycles. The first-order valence-electron chi connectivity index (χ1n) is 7.28. The van der Waals surface area contributed by atoms with Gasteiger partial charge in [0, 0.05) is 25.5 Å². The molecular weight excluding hydrogens is 304 g/mol. The zero-order chi connectivity index (χ0) is 16.4. The smallest absolute Gasteiger partial charge is 0.410 e. The normalized spacial score (nSPS) is 19.2. The fourth-order valence-corrected chi connectivity index (χ4v) is 4.03. The molecule has 1 aromatic rings. The van der Waals surface area contributed by atoms with Crippen molar-refractivity contribution >= 4 is 15.9 Å². The Morgan fingerprint density at radius 3 is 2.59 bits per heavy atom. The fraction of sp³-hybridized carbons (Fsp3) is 0.600. The first-order chi connectivity index (χ1) is 10.2. The Bertz CT molecular complexity index is 623. The second kappa shape index (κ2) is 6.24. The van der Waals surface area contributed by atoms with Crippen molar-refractivity contribution in [1.29, 1.82) is 0 Å². The Morgan fingerprint density at radius 1 is 1.36 bits per heavy atom. The van der Waals surface area contributed by atoms with Crippen molar-refractivity contribution in [2.45, 2.75) is 37.7 Å². The largest absolute Gasteiger partial charge is 0.444 e. The lowest BCUT2D eigenvalue weighted by atomic mass is 10.2. The number of rotatable bonds is 3. The third-order valence-electron chi connectivity index (χ3n) is 3.40. The number of hydrogen-bond acceptors (Lipinski definition) is 5. The van der Waals surface area contributed by atoms with E-state index in [1.807, 2.05) is 20.8 Å². The highest BCUT2D eigenvalue weighted by atomic mass is 32.2. The second-order valence-corrected chi connectivity index (χ2v) is 8.58. The van der Waals surface area contributed by atoms with Crippen molar-refractivity contribution in [3.8, 4) is 0 Å². The molecule has 0 bridgehead atoms. The van der Waals surface area contributed by atoms with Crippen molar-refractivity contribution in [1.82, 2.24) is 9.88 Å². The van der Waals surface area contributed by atoms with Crippen LogP contribution >= 0.6 is 0 Å². The number of carbonyl (C=O) groups is 1. The molecule has 7 heteroatoms. The van der Waals surface area contributed by atoms with Gasteiger partial charge in [-0.2, -0.15) is 0 Å². The van der Waals surface area contributed by atoms with Crippen LogP contribution in [0.15, 0.2) is 29.4 Å². The van der Waals surface area contributed by atoms with Crippen LogP contribution in [0.1, 0.15) is 27.2 Å². The summed E-state index contributed by atoms with van der Waals surface area (Å²) in [4.78, 5) is 17.7. The van der Waals surface area contributed by atoms with E-state index >= 15 is 0 Å². The van der Waals surface area contributed by atoms with Gasteiger partial charge >= 0.3 is 6.09 Å². The Balaban J connectivity index is 1.95. The Morgan fingerprint density at radius 2 is 2.00 bits per heavy atom. The van der Waals surface area contributed by atoms with E-state index in [-0.39, 0.29) is 22.7 Å². The van der Waals surface area contributed by atoms with Gasteiger partial charge in [0.2, 0.25) is 0 Å². The summed E-state index contributed by atoms with van der Waals surface area (Å²) in [6.45, 7) is 6.38. The SMILES string of the molecule is CC(C)(C)OC(=O)N1CCC(CS(=O)(=O)c2ccncc2)C1. The summed E-state index contributed by atoms with van der Waals surface area (Å²) >= 11 is 0. The van der Waals surface area contributed by atoms with Crippen molar-refractivity contribution in [3.05, 3.63) is 24.5 Å². The highest BCUT2D eigenvalue weighted by Crippen LogP contribution is 2.23. The summed E-state index contributed by atoms with van der Waals surface area (Å²) in [5.41, 5.74) is -0.543. The quantitative estimate of drug-likeness (QED) is 0.850. The first kappa shape index (κ1) is 16.7. The minimum Gasteiger partial charge on any atom is -0.444 e. The third-order valence-corrected chi connectivity index (χ3v) is 5.30. The first-order valence-corrected chi connectivity index (χ1v) is 8.93. The van der Waals surface area contributed by atoms with Crippen LogP contribution < -0.4 is 0 Å². The summed E-state index contributed by atoms with van der Waals surface area (Å²) < 4.78 is 30.0. The highest BCUT2D eigenvalue weighted by molar-refractivity contribution is 7.91. The van der Waals surface area contributed by atoms with E-state index in [0.717, 1.165) is 0 Å². The fourth-order valence-electron chi connectivity index (χ4n) is 2.41. The van der Waals surface area contributed by atoms with Crippen LogP contribution in [0.2, 0.25) is 0 Å². The minimum atomic E-state index is -3.35. The summed E-state index contributed by atoms with van der Waals surface area (Å²) in [5.74, 6) is -0.0262. The van der Waals surface area contributed by atoms with Gasteiger partial charge in [0.1, 0.15) is 5.60 Å². The molecule has 0 radical (unpaired) electrons. The number of hydrogen-bond donors (Lipinski definition) is 0. The molecule has 0 saturated carbocycles. The molecule has 1 unspecified atom stereocenters. The molecule has 1 amide bonds. The molecule has 1 aliphatic rings. The van der Waals surface area contributed by atoms with Crippen LogP contribution in [-0.4, -0.2) is 48.8 Å². The molecule has 0 aliphatic carbocycles. The van der Waals surface area contributed by atoms with E-state index in [9.17, 15) is 13.2 Å². The number of ether oxygens (including phenoxy) is 1. The zero-order valence-electron chi connectivity index (χ0n) is 13.2. The molecule has 0 N–H and O–H groups in total. The summed E-state index contributed by atoms with van der Waals surface area (Å²) in [5, 5.41) is 0. The van der Waals surface area contributed by atoms with Gasteiger partial charge in [-0.3, -0.25) is 4.98 Å². The summed E-state index contributed by atoms with van der Waals surface area (Å²) in [6.07, 6.45) is 3.23. The van der Waals surface area contributed by atoms with Gasteiger partial charge in [0.05, 0.1) is 10.6 Å². The molecule has 1 fully saturated rings. The maximum Gasteiger partial charge on any atom is 0.410 e. The zero-order valence-corrected chi connectivity index (χ0v) is 14.0. The molecule has 1 aromatic heterocycles. The van der Waals surface area contributed by atoms with Crippen molar-refractivity contribution in [2.24, 2.45) is 5.92 Å². The number of aromatic nitrogens is 1. The second-order valence-electron chi connectivity index (χ2n) is 6.55. The van der Waals surface area contributed by atoms with E-state index in [1.54, 1.807) is 4.90 Å². The van der Waals surface area contributed by atoms with E-state index < -0.39 is 15.4 Å². The van der Waals surface area contributed by atoms with E-state index in [1.165, 1.54) is 24.5 Å². The van der Waals surface area contributed by atoms with E-state index in [0.29, 0.717) is 19.5 Å². The van der Waals surface area contributed by atoms with E-state index in [2.05, 4.69) is 4.98 Å². The third kappa shape index (κ3) is 4.43. The molecular formula is C15H22N2O4S. The van der Waals surface area contributed by atoms with Crippen molar-refractivity contribution in [3.63, 3.8) is 0 Å². The molecule has 1 atom stereocenters. The molecule has 2 heterocycles. The van der Waals surface area contributed by atoms with Gasteiger partial charge in [-0.25, -0.2) is 13.2 Å². The van der Waals surface area contributed by atoms with Crippen LogP contribution in [0, 0.1) is 5.92 Å². The number of nitrogens with zero attached hydrogens (tertiary/aromatic N) is 2. The lowest BCUT2D eigenvalue weighted by Gasteiger charge is -2.24. The molecule has 0 aromatic carbocycles. The van der Waals surface area contributed by atoms with Crippen LogP contribution in [0.5, 0.6) is 0 Å². The molecule has 22 heavy (non-hydrogen) atoms. The van der Waals surface area contributed by atoms with Gasteiger partial charge in [-0.1, -0.05) is 0 Å². The number of likely N-dealkylation sites (tertiary alicyclic amines) is 1. The van der Waals surface area contributed by atoms with Crippen LogP contribution in [0.3, 0.4) is 0 Å². The van der Waals surface area contributed by atoms with Crippen molar-refractivity contribution in [2.75, 3.05) is 18.8 Å². The minimum absolute atomic E-state index is 0.0380. The van der Waals surface area contributed by atoms with Gasteiger partial charge < -0.3 is 9.64 Å². The van der Waals surface area contributed by atoms with Gasteiger partial charge in [0.25, 0.3) is 0 Å². The Kier molecular flexibility index (Phi) is 4.75. The van der Waals surface area contributed by atoms with Crippen LogP contribution in [-0.2, 0) is 14.6 Å². The molecule has 2 rings (SSSR count). The molecule has 1 saturated heterocycles. The Labute approximate surface area is 131 Å². The number of sulfone groups is 1. The molecule has 0 spiro atoms. The number of pyridine rings is 1. The topological polar surface area (TPSA) is 76.6 Å². The number of carbonyl (C=O) groups excluding carboxylic acids is 1. The van der Waals surface area contributed by atoms with Gasteiger partial charge in [0.15, 0.2) is 9.84 Å². The maximum atomic E-state index is 12.3. The van der Waals surface area contributed by atoms with Crippen LogP contribution in [0.4, 0.5) is 4.79 Å². The summed E-state index contributed by atoms with van der Waals surface area (Å²) in [7, 11) is -3.35. The maximum absolute atomic E-state index is 12.3. The lowest BCUT2D eigenvalue weighted by molar-refractivity contribution is 0.0289. The monoisotopic (exact) mass is 326 g/mol. The van der Waals surface area contributed by atoms with Gasteiger partial charge in [-0.15, -0.1) is 0 Å². The van der Waals surface area contributed by atoms with Crippen molar-refractivity contribution < 1.29 is 17.9 Å². The average molecular weight is 326 g/mol. The highest BCUT2D eigenvalue weighted by Gasteiger charge is 2.32. The number of amides is 1. The lowest BCUT2D eigenvalue weighted by Crippen LogP contribution is -2.35. The standard InChI is InChI=1S/C15H22N2O4S/c1-15(2,3)21-14(18)17-9-6-12(10-17)11-22(19,20)13-4-7-16-8-5-13/h4-5,7-8,12H,6,9-11H2,1-3H3. The van der Waals surface area contributed by atoms with Gasteiger partial charge in [-0.05, 0) is 45.2 Å². The molecule has 122 valence electrons. The van der Waals surface area contributed by atoms with Crippen LogP contribution in [0.25, 0.3) is 0 Å². The predicted octanol–water partition coefficient (Wildman–Crippen LogP) is 2.11. The predicted molar refractivity (Wildman–Crippen MR) is 82.2 cm³/mol. The van der Waals surface area contributed by atoms with E-state index in [4.69, 9.17) is 4.74 Å².